The zero-order valence-corrected chi connectivity index (χ0v) is 20.9. The molecule has 4 rings (SSSR count). The minimum Gasteiger partial charge on any atom is -0.493 e. The van der Waals surface area contributed by atoms with Gasteiger partial charge in [-0.2, -0.15) is 4.98 Å². The number of aromatic nitrogens is 2. The monoisotopic (exact) mass is 501 g/mol. The van der Waals surface area contributed by atoms with E-state index in [9.17, 15) is 4.79 Å². The molecule has 3 aromatic carbocycles. The average Bonchev–Trinajstić information content (AvgIpc) is 2.90. The van der Waals surface area contributed by atoms with E-state index in [1.54, 1.807) is 63.9 Å². The predicted octanol–water partition coefficient (Wildman–Crippen LogP) is 5.99. The summed E-state index contributed by atoms with van der Waals surface area (Å²) in [4.78, 5) is 20.9. The second-order valence-electron chi connectivity index (χ2n) is 7.85. The molecule has 1 heterocycles. The first-order valence-corrected chi connectivity index (χ1v) is 11.3. The van der Waals surface area contributed by atoms with Crippen LogP contribution in [-0.2, 0) is 0 Å². The molecule has 0 bridgehead atoms. The Kier molecular flexibility index (Phi) is 7.89. The van der Waals surface area contributed by atoms with Gasteiger partial charge in [-0.25, -0.2) is 4.79 Å². The summed E-state index contributed by atoms with van der Waals surface area (Å²) in [6, 6.07) is 17.6. The van der Waals surface area contributed by atoms with Crippen molar-refractivity contribution in [2.24, 2.45) is 0 Å². The van der Waals surface area contributed by atoms with Crippen LogP contribution in [0.1, 0.15) is 5.56 Å². The predicted molar refractivity (Wildman–Crippen MR) is 142 cm³/mol. The van der Waals surface area contributed by atoms with Gasteiger partial charge in [-0.15, -0.1) is 0 Å². The standard InChI is InChI=1S/C27H27N5O5/c1-17-5-7-18(8-6-17)30-27(33)31-19-9-11-21(12-10-19)37-25-16-28-15-24(32-25)29-20-13-22(34-2)26(36-4)23(14-20)35-3/h5-16H,1-4H3,(H,29,32)(H2,30,31,33). The number of carbonyl (C=O) groups is 1. The number of methoxy groups -OCH3 is 3. The van der Waals surface area contributed by atoms with Crippen LogP contribution in [0.2, 0.25) is 0 Å². The molecule has 0 saturated carbocycles. The topological polar surface area (TPSA) is 116 Å². The van der Waals surface area contributed by atoms with Crippen molar-refractivity contribution in [3.05, 3.63) is 78.6 Å². The van der Waals surface area contributed by atoms with Crippen LogP contribution >= 0.6 is 0 Å². The third-order valence-corrected chi connectivity index (χ3v) is 5.19. The quantitative estimate of drug-likeness (QED) is 0.256. The summed E-state index contributed by atoms with van der Waals surface area (Å²) < 4.78 is 22.0. The number of nitrogens with zero attached hydrogens (tertiary/aromatic N) is 2. The number of nitrogens with one attached hydrogen (secondary N) is 3. The van der Waals surface area contributed by atoms with Gasteiger partial charge < -0.3 is 34.9 Å². The first-order valence-electron chi connectivity index (χ1n) is 11.3. The highest BCUT2D eigenvalue weighted by Gasteiger charge is 2.14. The molecule has 0 aliphatic heterocycles. The van der Waals surface area contributed by atoms with E-state index in [4.69, 9.17) is 18.9 Å². The number of urea groups is 1. The molecule has 0 atom stereocenters. The Bertz CT molecular complexity index is 1340. The maximum absolute atomic E-state index is 12.2. The Balaban J connectivity index is 1.39. The largest absolute Gasteiger partial charge is 0.493 e. The van der Waals surface area contributed by atoms with Crippen LogP contribution < -0.4 is 34.9 Å². The highest BCUT2D eigenvalue weighted by molar-refractivity contribution is 5.99. The number of carbonyl (C=O) groups excluding carboxylic acids is 1. The molecule has 0 saturated heterocycles. The van der Waals surface area contributed by atoms with E-state index in [1.807, 2.05) is 31.2 Å². The second-order valence-corrected chi connectivity index (χ2v) is 7.85. The Morgan fingerprint density at radius 1 is 0.757 bits per heavy atom. The third kappa shape index (κ3) is 6.57. The van der Waals surface area contributed by atoms with Gasteiger partial charge in [0.05, 0.1) is 33.7 Å². The number of anilines is 4. The number of ether oxygens (including phenoxy) is 4. The molecule has 10 heteroatoms. The summed E-state index contributed by atoms with van der Waals surface area (Å²) in [6.07, 6.45) is 3.07. The first-order chi connectivity index (χ1) is 18.0. The van der Waals surface area contributed by atoms with Crippen molar-refractivity contribution in [2.75, 3.05) is 37.3 Å². The number of aryl methyl sites for hydroxylation is 1. The van der Waals surface area contributed by atoms with Gasteiger partial charge in [0.25, 0.3) is 0 Å². The molecule has 0 fully saturated rings. The highest BCUT2D eigenvalue weighted by Crippen LogP contribution is 2.40. The van der Waals surface area contributed by atoms with Crippen molar-refractivity contribution < 1.29 is 23.7 Å². The van der Waals surface area contributed by atoms with Crippen LogP contribution in [0.15, 0.2) is 73.1 Å². The van der Waals surface area contributed by atoms with Crippen LogP contribution in [-0.4, -0.2) is 37.3 Å². The molecule has 1 aromatic heterocycles. The molecular weight excluding hydrogens is 474 g/mol. The molecule has 2 amide bonds. The molecule has 0 radical (unpaired) electrons. The zero-order chi connectivity index (χ0) is 26.2. The molecule has 10 nitrogen and oxygen atoms in total. The summed E-state index contributed by atoms with van der Waals surface area (Å²) in [6.45, 7) is 1.99. The van der Waals surface area contributed by atoms with Crippen molar-refractivity contribution >= 4 is 28.9 Å². The molecule has 37 heavy (non-hydrogen) atoms. The molecule has 4 aromatic rings. The summed E-state index contributed by atoms with van der Waals surface area (Å²) in [5.74, 6) is 2.78. The maximum atomic E-state index is 12.2. The van der Waals surface area contributed by atoms with Crippen molar-refractivity contribution in [1.82, 2.24) is 9.97 Å². The van der Waals surface area contributed by atoms with Gasteiger partial charge in [0, 0.05) is 29.2 Å². The molecule has 190 valence electrons. The van der Waals surface area contributed by atoms with E-state index in [2.05, 4.69) is 25.9 Å². The normalized spacial score (nSPS) is 10.3. The van der Waals surface area contributed by atoms with Gasteiger partial charge in [0.15, 0.2) is 17.3 Å². The van der Waals surface area contributed by atoms with E-state index in [0.717, 1.165) is 5.56 Å². The van der Waals surface area contributed by atoms with Crippen molar-refractivity contribution in [1.29, 1.82) is 0 Å². The number of hydrogen-bond acceptors (Lipinski definition) is 8. The molecule has 0 aliphatic rings. The van der Waals surface area contributed by atoms with Crippen LogP contribution in [0.25, 0.3) is 0 Å². The van der Waals surface area contributed by atoms with Gasteiger partial charge in [0.2, 0.25) is 11.6 Å². The van der Waals surface area contributed by atoms with Gasteiger partial charge in [-0.05, 0) is 43.3 Å². The van der Waals surface area contributed by atoms with Crippen molar-refractivity contribution in [2.45, 2.75) is 6.92 Å². The lowest BCUT2D eigenvalue weighted by atomic mass is 10.2. The van der Waals surface area contributed by atoms with Gasteiger partial charge in [0.1, 0.15) is 5.75 Å². The number of benzene rings is 3. The van der Waals surface area contributed by atoms with Gasteiger partial charge in [-0.1, -0.05) is 17.7 Å². The summed E-state index contributed by atoms with van der Waals surface area (Å²) in [5, 5.41) is 8.74. The summed E-state index contributed by atoms with van der Waals surface area (Å²) >= 11 is 0. The van der Waals surface area contributed by atoms with E-state index >= 15 is 0 Å². The Hall–Kier alpha value is -4.99. The highest BCUT2D eigenvalue weighted by atomic mass is 16.5. The molecular formula is C27H27N5O5. The van der Waals surface area contributed by atoms with Crippen molar-refractivity contribution in [3.8, 4) is 28.9 Å². The number of hydrogen-bond donors (Lipinski definition) is 3. The fourth-order valence-corrected chi connectivity index (χ4v) is 3.42. The van der Waals surface area contributed by atoms with Crippen LogP contribution in [0.5, 0.6) is 28.9 Å². The first kappa shape index (κ1) is 25.1. The minimum atomic E-state index is -0.339. The van der Waals surface area contributed by atoms with Gasteiger partial charge in [-0.3, -0.25) is 4.98 Å². The average molecular weight is 502 g/mol. The molecule has 3 N–H and O–H groups in total. The summed E-state index contributed by atoms with van der Waals surface area (Å²) in [7, 11) is 4.64. The molecule has 0 spiro atoms. The van der Waals surface area contributed by atoms with Crippen LogP contribution in [0.4, 0.5) is 27.7 Å². The smallest absolute Gasteiger partial charge is 0.323 e. The lowest BCUT2D eigenvalue weighted by molar-refractivity contribution is 0.262. The number of rotatable bonds is 9. The Labute approximate surface area is 214 Å². The van der Waals surface area contributed by atoms with Crippen LogP contribution in [0.3, 0.4) is 0 Å². The van der Waals surface area contributed by atoms with E-state index in [0.29, 0.717) is 45.9 Å². The third-order valence-electron chi connectivity index (χ3n) is 5.19. The Morgan fingerprint density at radius 2 is 1.35 bits per heavy atom. The van der Waals surface area contributed by atoms with E-state index < -0.39 is 0 Å². The van der Waals surface area contributed by atoms with Crippen LogP contribution in [0, 0.1) is 6.92 Å². The zero-order valence-electron chi connectivity index (χ0n) is 20.9. The Morgan fingerprint density at radius 3 is 1.92 bits per heavy atom. The lowest BCUT2D eigenvalue weighted by Crippen LogP contribution is -2.19. The SMILES string of the molecule is COc1cc(Nc2cncc(Oc3ccc(NC(=O)Nc4ccc(C)cc4)cc3)n2)cc(OC)c1OC. The van der Waals surface area contributed by atoms with Gasteiger partial charge >= 0.3 is 6.03 Å². The van der Waals surface area contributed by atoms with Crippen molar-refractivity contribution in [3.63, 3.8) is 0 Å². The van der Waals surface area contributed by atoms with E-state index in [1.165, 1.54) is 6.20 Å². The fraction of sp³-hybridized carbons (Fsp3) is 0.148. The maximum Gasteiger partial charge on any atom is 0.323 e. The fourth-order valence-electron chi connectivity index (χ4n) is 3.42. The second kappa shape index (κ2) is 11.6. The number of amides is 2. The minimum absolute atomic E-state index is 0.287. The molecule has 0 unspecified atom stereocenters. The molecule has 0 aliphatic carbocycles. The van der Waals surface area contributed by atoms with E-state index in [-0.39, 0.29) is 11.9 Å². The lowest BCUT2D eigenvalue weighted by Gasteiger charge is -2.15. The summed E-state index contributed by atoms with van der Waals surface area (Å²) in [5.41, 5.74) is 3.11.